The molecular weight excluding hydrogens is 320 g/mol. The molecule has 1 rings (SSSR count). The van der Waals surface area contributed by atoms with Gasteiger partial charge in [-0.15, -0.1) is 0 Å². The van der Waals surface area contributed by atoms with Gasteiger partial charge >= 0.3 is 0 Å². The van der Waals surface area contributed by atoms with E-state index in [1.54, 1.807) is 27.8 Å². The number of rotatable bonds is 2. The molecule has 0 aliphatic carbocycles. The van der Waals surface area contributed by atoms with E-state index in [0.717, 1.165) is 6.42 Å². The Hall–Kier alpha value is -0.590. The van der Waals surface area contributed by atoms with Crippen molar-refractivity contribution in [3.05, 3.63) is 34.4 Å². The van der Waals surface area contributed by atoms with Crippen molar-refractivity contribution in [2.75, 3.05) is 7.05 Å². The average molecular weight is 363 g/mol. The Morgan fingerprint density at radius 1 is 0.958 bits per heavy atom. The maximum Gasteiger partial charge on any atom is 0.166 e. The van der Waals surface area contributed by atoms with Gasteiger partial charge in [0.25, 0.3) is 0 Å². The molecule has 4 nitrogen and oxygen atoms in total. The lowest BCUT2D eigenvalue weighted by Crippen LogP contribution is -2.48. The van der Waals surface area contributed by atoms with Gasteiger partial charge in [0, 0.05) is 0 Å². The normalized spacial score (nSPS) is 12.2. The number of hydrogen-bond acceptors (Lipinski definition) is 4. The van der Waals surface area contributed by atoms with Crippen molar-refractivity contribution in [3.8, 4) is 0 Å². The lowest BCUT2D eigenvalue weighted by Gasteiger charge is -2.13. The zero-order valence-corrected chi connectivity index (χ0v) is 17.3. The van der Waals surface area contributed by atoms with E-state index in [4.69, 9.17) is 15.9 Å². The summed E-state index contributed by atoms with van der Waals surface area (Å²) in [6, 6.07) is 4.57. The molecule has 1 aromatic rings. The summed E-state index contributed by atoms with van der Waals surface area (Å²) in [5.74, 6) is -1.21. The SMILES string of the molecule is C.CC(C)(C)O.CCc1cc(C)c(C)cc1C.CNC(C)(N)O.S. The fraction of sp³-hybridized carbons (Fsp3) is 0.684. The molecule has 0 aliphatic heterocycles. The first-order valence-corrected chi connectivity index (χ1v) is 7.70. The zero-order chi connectivity index (χ0) is 18.1. The molecular formula is C19H42N2O2S. The van der Waals surface area contributed by atoms with Crippen LogP contribution in [0.3, 0.4) is 0 Å². The predicted molar refractivity (Wildman–Crippen MR) is 113 cm³/mol. The van der Waals surface area contributed by atoms with E-state index in [2.05, 4.69) is 45.1 Å². The summed E-state index contributed by atoms with van der Waals surface area (Å²) < 4.78 is 0. The van der Waals surface area contributed by atoms with Crippen molar-refractivity contribution < 1.29 is 10.2 Å². The minimum atomic E-state index is -1.21. The quantitative estimate of drug-likeness (QED) is 0.607. The average Bonchev–Trinajstić information content (AvgIpc) is 2.31. The van der Waals surface area contributed by atoms with Crippen molar-refractivity contribution in [2.24, 2.45) is 5.73 Å². The second-order valence-corrected chi connectivity index (χ2v) is 6.78. The number of nitrogens with one attached hydrogen (secondary N) is 1. The van der Waals surface area contributed by atoms with E-state index in [-0.39, 0.29) is 20.9 Å². The Morgan fingerprint density at radius 2 is 1.25 bits per heavy atom. The molecule has 0 saturated heterocycles. The molecule has 0 saturated carbocycles. The van der Waals surface area contributed by atoms with Crippen LogP contribution in [0.5, 0.6) is 0 Å². The first kappa shape index (κ1) is 31.2. The molecule has 24 heavy (non-hydrogen) atoms. The monoisotopic (exact) mass is 362 g/mol. The van der Waals surface area contributed by atoms with Crippen LogP contribution < -0.4 is 11.1 Å². The third-order valence-electron chi connectivity index (χ3n) is 2.84. The van der Waals surface area contributed by atoms with Crippen LogP contribution in [0, 0.1) is 20.8 Å². The zero-order valence-electron chi connectivity index (χ0n) is 16.3. The highest BCUT2D eigenvalue weighted by atomic mass is 32.1. The van der Waals surface area contributed by atoms with Gasteiger partial charge in [-0.05, 0) is 84.2 Å². The largest absolute Gasteiger partial charge is 0.391 e. The third-order valence-corrected chi connectivity index (χ3v) is 2.84. The molecule has 0 radical (unpaired) electrons. The van der Waals surface area contributed by atoms with Crippen LogP contribution in [0.25, 0.3) is 0 Å². The van der Waals surface area contributed by atoms with E-state index < -0.39 is 11.4 Å². The van der Waals surface area contributed by atoms with Crippen LogP contribution in [0.4, 0.5) is 0 Å². The van der Waals surface area contributed by atoms with E-state index in [1.165, 1.54) is 29.2 Å². The minimum absolute atomic E-state index is 0. The number of aryl methyl sites for hydroxylation is 4. The lowest BCUT2D eigenvalue weighted by atomic mass is 9.99. The Kier molecular flexibility index (Phi) is 17.8. The van der Waals surface area contributed by atoms with Crippen LogP contribution in [0.1, 0.15) is 64.3 Å². The Morgan fingerprint density at radius 3 is 1.50 bits per heavy atom. The minimum Gasteiger partial charge on any atom is -0.391 e. The maximum absolute atomic E-state index is 8.52. The maximum atomic E-state index is 8.52. The predicted octanol–water partition coefficient (Wildman–Crippen LogP) is 3.53. The van der Waals surface area contributed by atoms with Gasteiger partial charge in [-0.1, -0.05) is 26.5 Å². The Balaban J connectivity index is -0.000000133. The van der Waals surface area contributed by atoms with Crippen molar-refractivity contribution in [2.45, 2.75) is 80.7 Å². The molecule has 0 aliphatic rings. The van der Waals surface area contributed by atoms with Crippen LogP contribution in [-0.2, 0) is 6.42 Å². The van der Waals surface area contributed by atoms with Crippen molar-refractivity contribution in [1.29, 1.82) is 0 Å². The summed E-state index contributed by atoms with van der Waals surface area (Å²) in [4.78, 5) is 0. The highest BCUT2D eigenvalue weighted by molar-refractivity contribution is 7.59. The number of hydrogen-bond donors (Lipinski definition) is 4. The number of benzene rings is 1. The summed E-state index contributed by atoms with van der Waals surface area (Å²) in [6.07, 6.45) is 1.15. The molecule has 5 N–H and O–H groups in total. The van der Waals surface area contributed by atoms with Crippen LogP contribution in [0.2, 0.25) is 0 Å². The fourth-order valence-corrected chi connectivity index (χ4v) is 1.40. The smallest absolute Gasteiger partial charge is 0.166 e. The molecule has 1 unspecified atom stereocenters. The highest BCUT2D eigenvalue weighted by Gasteiger charge is 2.05. The second-order valence-electron chi connectivity index (χ2n) is 6.78. The van der Waals surface area contributed by atoms with Gasteiger partial charge < -0.3 is 10.2 Å². The van der Waals surface area contributed by atoms with Crippen LogP contribution in [0.15, 0.2) is 12.1 Å². The van der Waals surface area contributed by atoms with E-state index in [9.17, 15) is 0 Å². The van der Waals surface area contributed by atoms with Gasteiger partial charge in [-0.3, -0.25) is 11.1 Å². The number of aliphatic hydroxyl groups is 2. The van der Waals surface area contributed by atoms with Gasteiger partial charge in [0.05, 0.1) is 5.60 Å². The van der Waals surface area contributed by atoms with Gasteiger partial charge in [-0.2, -0.15) is 13.5 Å². The van der Waals surface area contributed by atoms with Crippen LogP contribution >= 0.6 is 13.5 Å². The highest BCUT2D eigenvalue weighted by Crippen LogP contribution is 2.15. The van der Waals surface area contributed by atoms with Gasteiger partial charge in [0.15, 0.2) is 5.85 Å². The van der Waals surface area contributed by atoms with Crippen LogP contribution in [-0.4, -0.2) is 28.7 Å². The summed E-state index contributed by atoms with van der Waals surface area (Å²) in [5, 5.41) is 19.5. The Bertz CT molecular complexity index is 430. The molecule has 0 fully saturated rings. The van der Waals surface area contributed by atoms with Gasteiger partial charge in [0.1, 0.15) is 0 Å². The first-order chi connectivity index (χ1) is 9.71. The molecule has 0 bridgehead atoms. The molecule has 1 atom stereocenters. The van der Waals surface area contributed by atoms with Crippen molar-refractivity contribution >= 4 is 13.5 Å². The standard InChI is InChI=1S/C11H16.C4H10O.C3H10N2O.CH4.H2S/c1-5-11-7-9(3)8(2)6-10(11)4;1-4(2,3)5;1-3(4,6)5-2;;/h6-7H,5H2,1-4H3;5H,1-3H3;5-6H,4H2,1-2H3;1H4;1H2. The topological polar surface area (TPSA) is 78.5 Å². The lowest BCUT2D eigenvalue weighted by molar-refractivity contribution is 0.0390. The van der Waals surface area contributed by atoms with Gasteiger partial charge in [0.2, 0.25) is 0 Å². The molecule has 0 spiro atoms. The molecule has 0 heterocycles. The van der Waals surface area contributed by atoms with Crippen molar-refractivity contribution in [1.82, 2.24) is 5.32 Å². The summed E-state index contributed by atoms with van der Waals surface area (Å²) in [7, 11) is 1.58. The second kappa shape index (κ2) is 13.7. The molecule has 0 amide bonds. The third kappa shape index (κ3) is 21.4. The molecule has 5 heteroatoms. The fourth-order valence-electron chi connectivity index (χ4n) is 1.40. The molecule has 1 aromatic carbocycles. The summed E-state index contributed by atoms with van der Waals surface area (Å²) >= 11 is 0. The number of nitrogens with two attached hydrogens (primary N) is 1. The van der Waals surface area contributed by atoms with E-state index in [1.807, 2.05) is 0 Å². The Labute approximate surface area is 157 Å². The molecule has 146 valence electrons. The van der Waals surface area contributed by atoms with Crippen molar-refractivity contribution in [3.63, 3.8) is 0 Å². The van der Waals surface area contributed by atoms with E-state index >= 15 is 0 Å². The summed E-state index contributed by atoms with van der Waals surface area (Å²) in [5.41, 5.74) is 10.2. The summed E-state index contributed by atoms with van der Waals surface area (Å²) in [6.45, 7) is 15.4. The molecule has 0 aromatic heterocycles. The first-order valence-electron chi connectivity index (χ1n) is 7.70. The van der Waals surface area contributed by atoms with Gasteiger partial charge in [-0.25, -0.2) is 0 Å². The van der Waals surface area contributed by atoms with E-state index in [0.29, 0.717) is 0 Å².